The van der Waals surface area contributed by atoms with Crippen molar-refractivity contribution in [3.63, 3.8) is 0 Å². The Morgan fingerprint density at radius 3 is 2.73 bits per heavy atom. The van der Waals surface area contributed by atoms with Gasteiger partial charge in [-0.3, -0.25) is 4.79 Å². The van der Waals surface area contributed by atoms with Crippen molar-refractivity contribution < 1.29 is 24.2 Å². The van der Waals surface area contributed by atoms with Gasteiger partial charge in [-0.15, -0.1) is 6.58 Å². The topological polar surface area (TPSA) is 84.9 Å². The monoisotopic (exact) mass is 307 g/mol. The summed E-state index contributed by atoms with van der Waals surface area (Å²) in [5.41, 5.74) is 0.295. The Morgan fingerprint density at radius 2 is 2.09 bits per heavy atom. The first kappa shape index (κ1) is 17.7. The van der Waals surface area contributed by atoms with Gasteiger partial charge in [0.25, 0.3) is 5.91 Å². The molecule has 1 rings (SSSR count). The average Bonchev–Trinajstić information content (AvgIpc) is 2.51. The van der Waals surface area contributed by atoms with Crippen LogP contribution in [0.5, 0.6) is 5.75 Å². The van der Waals surface area contributed by atoms with Gasteiger partial charge in [-0.1, -0.05) is 18.2 Å². The van der Waals surface area contributed by atoms with Gasteiger partial charge in [0.15, 0.2) is 0 Å². The van der Waals surface area contributed by atoms with Gasteiger partial charge in [0.05, 0.1) is 12.2 Å². The second-order valence-corrected chi connectivity index (χ2v) is 4.57. The summed E-state index contributed by atoms with van der Waals surface area (Å²) in [7, 11) is 1.55. The van der Waals surface area contributed by atoms with E-state index in [1.54, 1.807) is 37.5 Å². The van der Waals surface area contributed by atoms with E-state index < -0.39 is 17.9 Å². The van der Waals surface area contributed by atoms with Gasteiger partial charge in [0, 0.05) is 7.11 Å². The number of hydrogen-bond donors (Lipinski definition) is 2. The summed E-state index contributed by atoms with van der Waals surface area (Å²) in [6, 6.07) is 5.72. The number of amides is 1. The minimum Gasteiger partial charge on any atom is -0.490 e. The highest BCUT2D eigenvalue weighted by atomic mass is 16.5. The number of benzene rings is 1. The standard InChI is InChI=1S/C16H21NO5/c1-3-4-8-13(16(19)20)17-15(18)12-7-5-6-9-14(12)22-11-10-21-2/h3,5-7,9,13H,1,4,8,10-11H2,2H3,(H,17,18)(H,19,20). The molecule has 0 saturated carbocycles. The molecular weight excluding hydrogens is 286 g/mol. The summed E-state index contributed by atoms with van der Waals surface area (Å²) in [5, 5.41) is 11.6. The Morgan fingerprint density at radius 1 is 1.36 bits per heavy atom. The fourth-order valence-electron chi connectivity index (χ4n) is 1.79. The molecule has 0 aliphatic heterocycles. The quantitative estimate of drug-likeness (QED) is 0.509. The summed E-state index contributed by atoms with van der Waals surface area (Å²) in [5.74, 6) is -1.16. The van der Waals surface area contributed by atoms with Crippen LogP contribution in [0.4, 0.5) is 0 Å². The Balaban J connectivity index is 2.78. The maximum absolute atomic E-state index is 12.3. The Hall–Kier alpha value is -2.34. The number of ether oxygens (including phenoxy) is 2. The van der Waals surface area contributed by atoms with Crippen molar-refractivity contribution >= 4 is 11.9 Å². The number of rotatable bonds is 10. The van der Waals surface area contributed by atoms with Gasteiger partial charge in [0.1, 0.15) is 18.4 Å². The van der Waals surface area contributed by atoms with Crippen molar-refractivity contribution in [2.24, 2.45) is 0 Å². The minimum absolute atomic E-state index is 0.289. The van der Waals surface area contributed by atoms with E-state index in [0.29, 0.717) is 30.9 Å². The van der Waals surface area contributed by atoms with Gasteiger partial charge in [-0.05, 0) is 25.0 Å². The zero-order valence-corrected chi connectivity index (χ0v) is 12.6. The smallest absolute Gasteiger partial charge is 0.326 e. The molecule has 0 bridgehead atoms. The highest BCUT2D eigenvalue weighted by molar-refractivity contribution is 5.98. The molecule has 0 spiro atoms. The third kappa shape index (κ3) is 5.57. The Bertz CT molecular complexity index is 515. The predicted octanol–water partition coefficient (Wildman–Crippen LogP) is 1.86. The molecule has 2 N–H and O–H groups in total. The third-order valence-electron chi connectivity index (χ3n) is 2.94. The maximum Gasteiger partial charge on any atom is 0.326 e. The number of allylic oxidation sites excluding steroid dienone is 1. The molecule has 0 saturated heterocycles. The van der Waals surface area contributed by atoms with Crippen LogP contribution in [0.25, 0.3) is 0 Å². The summed E-state index contributed by atoms with van der Waals surface area (Å²) >= 11 is 0. The van der Waals surface area contributed by atoms with Crippen LogP contribution in [0.15, 0.2) is 36.9 Å². The largest absolute Gasteiger partial charge is 0.490 e. The Labute approximate surface area is 129 Å². The van der Waals surface area contributed by atoms with Crippen molar-refractivity contribution in [2.45, 2.75) is 18.9 Å². The van der Waals surface area contributed by atoms with Crippen molar-refractivity contribution in [3.8, 4) is 5.75 Å². The van der Waals surface area contributed by atoms with Crippen molar-refractivity contribution in [3.05, 3.63) is 42.5 Å². The molecule has 0 radical (unpaired) electrons. The van der Waals surface area contributed by atoms with Crippen LogP contribution >= 0.6 is 0 Å². The molecule has 0 aromatic heterocycles. The zero-order valence-electron chi connectivity index (χ0n) is 12.6. The lowest BCUT2D eigenvalue weighted by Crippen LogP contribution is -2.40. The number of nitrogens with one attached hydrogen (secondary N) is 1. The molecule has 6 heteroatoms. The summed E-state index contributed by atoms with van der Waals surface area (Å²) in [6.45, 7) is 4.25. The first-order chi connectivity index (χ1) is 10.6. The third-order valence-corrected chi connectivity index (χ3v) is 2.94. The SMILES string of the molecule is C=CCCC(NC(=O)c1ccccc1OCCOC)C(=O)O. The molecule has 0 heterocycles. The average molecular weight is 307 g/mol. The highest BCUT2D eigenvalue weighted by Crippen LogP contribution is 2.18. The lowest BCUT2D eigenvalue weighted by atomic mass is 10.1. The number of hydrogen-bond acceptors (Lipinski definition) is 4. The van der Waals surface area contributed by atoms with E-state index >= 15 is 0 Å². The van der Waals surface area contributed by atoms with Gasteiger partial charge < -0.3 is 19.9 Å². The fourth-order valence-corrected chi connectivity index (χ4v) is 1.79. The van der Waals surface area contributed by atoms with Crippen LogP contribution in [0.3, 0.4) is 0 Å². The number of carbonyl (C=O) groups is 2. The molecule has 1 unspecified atom stereocenters. The number of carboxylic acids is 1. The van der Waals surface area contributed by atoms with E-state index in [1.807, 2.05) is 0 Å². The summed E-state index contributed by atoms with van der Waals surface area (Å²) < 4.78 is 10.4. The highest BCUT2D eigenvalue weighted by Gasteiger charge is 2.21. The number of methoxy groups -OCH3 is 1. The van der Waals surface area contributed by atoms with Crippen molar-refractivity contribution in [1.82, 2.24) is 5.32 Å². The number of carbonyl (C=O) groups excluding carboxylic acids is 1. The van der Waals surface area contributed by atoms with E-state index in [-0.39, 0.29) is 6.42 Å². The van der Waals surface area contributed by atoms with Gasteiger partial charge in [-0.25, -0.2) is 4.79 Å². The van der Waals surface area contributed by atoms with Crippen molar-refractivity contribution in [1.29, 1.82) is 0 Å². The second-order valence-electron chi connectivity index (χ2n) is 4.57. The van der Waals surface area contributed by atoms with Gasteiger partial charge >= 0.3 is 5.97 Å². The Kier molecular flexibility index (Phi) is 7.70. The van der Waals surface area contributed by atoms with E-state index in [1.165, 1.54) is 0 Å². The summed E-state index contributed by atoms with van der Waals surface area (Å²) in [6.07, 6.45) is 2.41. The molecule has 0 aliphatic rings. The lowest BCUT2D eigenvalue weighted by molar-refractivity contribution is -0.139. The first-order valence-electron chi connectivity index (χ1n) is 6.95. The normalized spacial score (nSPS) is 11.5. The van der Waals surface area contributed by atoms with Gasteiger partial charge in [0.2, 0.25) is 0 Å². The molecule has 1 aromatic carbocycles. The van der Waals surface area contributed by atoms with E-state index in [9.17, 15) is 9.59 Å². The molecule has 0 fully saturated rings. The second kappa shape index (κ2) is 9.57. The molecule has 120 valence electrons. The number of carboxylic acid groups (broad SMARTS) is 1. The molecule has 6 nitrogen and oxygen atoms in total. The van der Waals surface area contributed by atoms with Crippen LogP contribution in [0.2, 0.25) is 0 Å². The summed E-state index contributed by atoms with van der Waals surface area (Å²) in [4.78, 5) is 23.4. The van der Waals surface area contributed by atoms with E-state index in [0.717, 1.165) is 0 Å². The van der Waals surface area contributed by atoms with Crippen LogP contribution in [-0.2, 0) is 9.53 Å². The van der Waals surface area contributed by atoms with Crippen molar-refractivity contribution in [2.75, 3.05) is 20.3 Å². The molecule has 1 atom stereocenters. The molecule has 0 aliphatic carbocycles. The van der Waals surface area contributed by atoms with Crippen LogP contribution < -0.4 is 10.1 Å². The minimum atomic E-state index is -1.08. The molecule has 22 heavy (non-hydrogen) atoms. The number of aliphatic carboxylic acids is 1. The van der Waals surface area contributed by atoms with Gasteiger partial charge in [-0.2, -0.15) is 0 Å². The first-order valence-corrected chi connectivity index (χ1v) is 6.95. The number of para-hydroxylation sites is 1. The van der Waals surface area contributed by atoms with Crippen LogP contribution in [0, 0.1) is 0 Å². The maximum atomic E-state index is 12.3. The molecule has 1 amide bonds. The lowest BCUT2D eigenvalue weighted by Gasteiger charge is -2.15. The van der Waals surface area contributed by atoms with Crippen LogP contribution in [-0.4, -0.2) is 43.3 Å². The fraction of sp³-hybridized carbons (Fsp3) is 0.375. The zero-order chi connectivity index (χ0) is 16.4. The van der Waals surface area contributed by atoms with E-state index in [4.69, 9.17) is 14.6 Å². The van der Waals surface area contributed by atoms with E-state index in [2.05, 4.69) is 11.9 Å². The van der Waals surface area contributed by atoms with Crippen LogP contribution in [0.1, 0.15) is 23.2 Å². The molecule has 1 aromatic rings. The predicted molar refractivity (Wildman–Crippen MR) is 82.1 cm³/mol. The molecular formula is C16H21NO5.